The first-order valence-electron chi connectivity index (χ1n) is 1.64. The van der Waals surface area contributed by atoms with E-state index in [1.54, 1.807) is 0 Å². The van der Waals surface area contributed by atoms with Gasteiger partial charge in [0.25, 0.3) is 0 Å². The molecule has 0 fully saturated rings. The molecule has 0 atom stereocenters. The van der Waals surface area contributed by atoms with Crippen LogP contribution in [0, 0.1) is 46.0 Å². The molecule has 144 valence electrons. The molecular weight excluding hydrogens is 419 g/mol. The van der Waals surface area contributed by atoms with Crippen molar-refractivity contribution in [1.29, 1.82) is 0 Å². The normalized spacial score (nSPS) is 3.27. The van der Waals surface area contributed by atoms with Crippen LogP contribution in [-0.4, -0.2) is 64.5 Å². The molecule has 0 unspecified atom stereocenters. The molecule has 0 aromatic carbocycles. The van der Waals surface area contributed by atoms with Gasteiger partial charge in [0.2, 0.25) is 0 Å². The van der Waals surface area contributed by atoms with Crippen molar-refractivity contribution in [3.05, 3.63) is 46.0 Å². The minimum absolute atomic E-state index is 0. The fourth-order valence-electron chi connectivity index (χ4n) is 0. The maximum atomic E-state index is 8.25. The van der Waals surface area contributed by atoms with E-state index >= 15 is 0 Å². The maximum Gasteiger partial charge on any atom is 3.00 e. The van der Waals surface area contributed by atoms with Crippen molar-refractivity contribution in [1.82, 2.24) is 0 Å². The molecule has 22 heteroatoms. The summed E-state index contributed by atoms with van der Waals surface area (Å²) in [5.41, 5.74) is 0. The monoisotopic (exact) mass is 437 g/mol. The Labute approximate surface area is 143 Å². The van der Waals surface area contributed by atoms with E-state index in [-0.39, 0.29) is 82.0 Å². The smallest absolute Gasteiger partial charge is 0.412 e. The van der Waals surface area contributed by atoms with Gasteiger partial charge in [0.15, 0.2) is 0 Å². The summed E-state index contributed by atoms with van der Waals surface area (Å²) < 4.78 is 0. The standard InChI is InChI=1S/3NO3.9H2O.Y/c3*2-1(3)4;;;;;;;;;;/h;;;9*1H2;/q3*-1;;;;;;;;;;+3. The summed E-state index contributed by atoms with van der Waals surface area (Å²) in [6.07, 6.45) is 0. The minimum Gasteiger partial charge on any atom is -0.412 e. The van der Waals surface area contributed by atoms with Crippen molar-refractivity contribution in [2.24, 2.45) is 0 Å². The zero-order valence-electron chi connectivity index (χ0n) is 10.1. The summed E-state index contributed by atoms with van der Waals surface area (Å²) in [5.74, 6) is 0. The molecule has 0 aromatic heterocycles. The van der Waals surface area contributed by atoms with Crippen LogP contribution >= 0.6 is 0 Å². The van der Waals surface area contributed by atoms with Crippen molar-refractivity contribution in [3.63, 3.8) is 0 Å². The summed E-state index contributed by atoms with van der Waals surface area (Å²) in [6.45, 7) is 0. The molecule has 0 heterocycles. The van der Waals surface area contributed by atoms with Crippen molar-refractivity contribution >= 4 is 0 Å². The second kappa shape index (κ2) is 121. The molecule has 22 heavy (non-hydrogen) atoms. The molecular formula is H18N3O18Y. The van der Waals surface area contributed by atoms with Gasteiger partial charge >= 0.3 is 32.7 Å². The Morgan fingerprint density at radius 1 is 0.364 bits per heavy atom. The molecule has 0 aromatic rings. The fraction of sp³-hybridized carbons (Fsp3) is 0. The Balaban J connectivity index is -0.00000000409. The van der Waals surface area contributed by atoms with Crippen molar-refractivity contribution in [2.45, 2.75) is 0 Å². The van der Waals surface area contributed by atoms with E-state index in [0.717, 1.165) is 0 Å². The molecule has 0 bridgehead atoms. The summed E-state index contributed by atoms with van der Waals surface area (Å²) in [5, 5.41) is 44.2. The van der Waals surface area contributed by atoms with E-state index in [2.05, 4.69) is 0 Å². The average molecular weight is 437 g/mol. The largest absolute Gasteiger partial charge is 3.00 e. The first kappa shape index (κ1) is 141. The third-order valence-corrected chi connectivity index (χ3v) is 0. The molecule has 0 radical (unpaired) electrons. The third kappa shape index (κ3) is 2010. The third-order valence-electron chi connectivity index (χ3n) is 0. The molecule has 21 nitrogen and oxygen atoms in total. The Kier molecular flexibility index (Phi) is 774. The van der Waals surface area contributed by atoms with Crippen LogP contribution in [0.1, 0.15) is 0 Å². The molecule has 0 aliphatic rings. The van der Waals surface area contributed by atoms with E-state index in [9.17, 15) is 0 Å². The number of rotatable bonds is 0. The van der Waals surface area contributed by atoms with Crippen LogP contribution in [0.25, 0.3) is 0 Å². The van der Waals surface area contributed by atoms with E-state index in [1.807, 2.05) is 0 Å². The van der Waals surface area contributed by atoms with Crippen LogP contribution in [-0.2, 0) is 32.7 Å². The van der Waals surface area contributed by atoms with Crippen molar-refractivity contribution in [3.8, 4) is 0 Å². The minimum atomic E-state index is -1.75. The van der Waals surface area contributed by atoms with Gasteiger partial charge in [-0.05, 0) is 0 Å². The van der Waals surface area contributed by atoms with E-state index in [4.69, 9.17) is 46.0 Å². The van der Waals surface area contributed by atoms with E-state index in [1.165, 1.54) is 0 Å². The van der Waals surface area contributed by atoms with Gasteiger partial charge in [0, 0.05) is 0 Å². The maximum absolute atomic E-state index is 8.25. The molecule has 0 spiro atoms. The predicted molar refractivity (Wildman–Crippen MR) is 63.6 cm³/mol. The summed E-state index contributed by atoms with van der Waals surface area (Å²) in [7, 11) is 0. The molecule has 0 aliphatic heterocycles. The van der Waals surface area contributed by atoms with Gasteiger partial charge in [0.05, 0.1) is 15.3 Å². The van der Waals surface area contributed by atoms with Gasteiger partial charge in [-0.15, -0.1) is 0 Å². The quantitative estimate of drug-likeness (QED) is 0.256. The second-order valence-corrected chi connectivity index (χ2v) is 0.671. The topological polar surface area (TPSA) is 482 Å². The second-order valence-electron chi connectivity index (χ2n) is 0.671. The Hall–Kier alpha value is -1.66. The molecule has 0 aliphatic carbocycles. The van der Waals surface area contributed by atoms with Gasteiger partial charge in [-0.25, -0.2) is 0 Å². The Morgan fingerprint density at radius 2 is 0.364 bits per heavy atom. The van der Waals surface area contributed by atoms with Gasteiger partial charge in [0.1, 0.15) is 0 Å². The molecule has 0 saturated carbocycles. The molecule has 18 N–H and O–H groups in total. The summed E-state index contributed by atoms with van der Waals surface area (Å²) in [4.78, 5) is 24.8. The zero-order chi connectivity index (χ0) is 10.7. The zero-order valence-corrected chi connectivity index (χ0v) is 12.9. The van der Waals surface area contributed by atoms with E-state index < -0.39 is 15.3 Å². The van der Waals surface area contributed by atoms with Crippen LogP contribution in [0.2, 0.25) is 0 Å². The van der Waals surface area contributed by atoms with Crippen LogP contribution in [0.4, 0.5) is 0 Å². The van der Waals surface area contributed by atoms with E-state index in [0.29, 0.717) is 0 Å². The Morgan fingerprint density at radius 3 is 0.364 bits per heavy atom. The van der Waals surface area contributed by atoms with Crippen LogP contribution in [0.15, 0.2) is 0 Å². The fourth-order valence-corrected chi connectivity index (χ4v) is 0. The van der Waals surface area contributed by atoms with Crippen LogP contribution in [0.5, 0.6) is 0 Å². The van der Waals surface area contributed by atoms with Gasteiger partial charge < -0.3 is 95.3 Å². The van der Waals surface area contributed by atoms with Gasteiger partial charge in [-0.2, -0.15) is 0 Å². The average Bonchev–Trinajstić information content (AvgIpc) is 1.54. The first-order chi connectivity index (χ1) is 5.20. The van der Waals surface area contributed by atoms with Gasteiger partial charge in [-0.1, -0.05) is 0 Å². The number of hydrogen-bond donors (Lipinski definition) is 0. The van der Waals surface area contributed by atoms with Crippen LogP contribution < -0.4 is 0 Å². The predicted octanol–water partition coefficient (Wildman–Crippen LogP) is -8.14. The number of nitrogens with zero attached hydrogens (tertiary/aromatic N) is 3. The number of hydrogen-bond acceptors (Lipinski definition) is 9. The van der Waals surface area contributed by atoms with Gasteiger partial charge in [-0.3, -0.25) is 0 Å². The molecule has 0 amide bonds. The SMILES string of the molecule is O.O.O.O.O.O.O.O.O.O=[N+]([O-])[O-].O=[N+]([O-])[O-].O=[N+]([O-])[O-].[Y+3]. The Bertz CT molecular complexity index is 116. The van der Waals surface area contributed by atoms with Crippen molar-refractivity contribution < 1.29 is 97.3 Å². The van der Waals surface area contributed by atoms with Crippen molar-refractivity contribution in [2.75, 3.05) is 0 Å². The molecule has 0 saturated heterocycles. The van der Waals surface area contributed by atoms with Crippen LogP contribution in [0.3, 0.4) is 0 Å². The summed E-state index contributed by atoms with van der Waals surface area (Å²) in [6, 6.07) is 0. The first-order valence-corrected chi connectivity index (χ1v) is 1.64. The summed E-state index contributed by atoms with van der Waals surface area (Å²) >= 11 is 0. The molecule has 0 rings (SSSR count).